The van der Waals surface area contributed by atoms with Gasteiger partial charge in [0.2, 0.25) is 0 Å². The monoisotopic (exact) mass is 352 g/mol. The lowest BCUT2D eigenvalue weighted by Gasteiger charge is -2.36. The van der Waals surface area contributed by atoms with Crippen LogP contribution in [0.2, 0.25) is 0 Å². The van der Waals surface area contributed by atoms with Gasteiger partial charge in [-0.1, -0.05) is 12.1 Å². The summed E-state index contributed by atoms with van der Waals surface area (Å²) in [6, 6.07) is 13.2. The maximum atomic E-state index is 12.8. The number of anilines is 1. The van der Waals surface area contributed by atoms with Crippen molar-refractivity contribution in [2.45, 2.75) is 0 Å². The van der Waals surface area contributed by atoms with Crippen LogP contribution in [-0.4, -0.2) is 54.1 Å². The number of aromatic amines is 2. The first-order valence-corrected chi connectivity index (χ1v) is 8.55. The van der Waals surface area contributed by atoms with E-state index in [0.717, 1.165) is 29.8 Å². The number of ether oxygens (including phenoxy) is 1. The molecule has 0 saturated carbocycles. The number of piperazine rings is 1. The van der Waals surface area contributed by atoms with Crippen molar-refractivity contribution in [3.8, 4) is 5.75 Å². The van der Waals surface area contributed by atoms with Gasteiger partial charge in [0, 0.05) is 31.9 Å². The molecule has 1 fully saturated rings. The summed E-state index contributed by atoms with van der Waals surface area (Å²) >= 11 is 0. The van der Waals surface area contributed by atoms with Crippen LogP contribution in [0.5, 0.6) is 5.75 Å². The Morgan fingerprint density at radius 3 is 2.50 bits per heavy atom. The van der Waals surface area contributed by atoms with Crippen LogP contribution in [0.4, 0.5) is 5.69 Å². The van der Waals surface area contributed by atoms with Crippen LogP contribution in [0.25, 0.3) is 11.0 Å². The molecule has 2 heterocycles. The van der Waals surface area contributed by atoms with E-state index in [9.17, 15) is 9.59 Å². The lowest BCUT2D eigenvalue weighted by Crippen LogP contribution is -2.48. The van der Waals surface area contributed by atoms with Gasteiger partial charge in [-0.3, -0.25) is 4.79 Å². The van der Waals surface area contributed by atoms with Gasteiger partial charge in [-0.25, -0.2) is 4.79 Å². The van der Waals surface area contributed by atoms with E-state index in [-0.39, 0.29) is 11.6 Å². The number of nitrogens with one attached hydrogen (secondary N) is 2. The second kappa shape index (κ2) is 6.59. The van der Waals surface area contributed by atoms with Crippen molar-refractivity contribution in [2.24, 2.45) is 0 Å². The zero-order chi connectivity index (χ0) is 18.1. The Balaban J connectivity index is 1.47. The van der Waals surface area contributed by atoms with E-state index in [0.29, 0.717) is 24.4 Å². The molecule has 0 aliphatic carbocycles. The van der Waals surface area contributed by atoms with Gasteiger partial charge in [0.25, 0.3) is 5.91 Å². The van der Waals surface area contributed by atoms with Gasteiger partial charge >= 0.3 is 5.69 Å². The number of methoxy groups -OCH3 is 1. The molecule has 7 nitrogen and oxygen atoms in total. The Bertz CT molecular complexity index is 999. The standard InChI is InChI=1S/C19H20N4O3/c1-26-17-5-3-2-4-14(17)18(24)23-10-8-22(9-11-23)13-6-7-15-16(12-13)21-19(25)20-15/h2-7,12H,8-11H2,1H3,(H2,20,21,25). The van der Waals surface area contributed by atoms with Crippen molar-refractivity contribution in [3.63, 3.8) is 0 Å². The van der Waals surface area contributed by atoms with Gasteiger partial charge in [-0.2, -0.15) is 0 Å². The van der Waals surface area contributed by atoms with E-state index in [1.54, 1.807) is 19.2 Å². The molecule has 1 saturated heterocycles. The third-order valence-corrected chi connectivity index (χ3v) is 4.77. The van der Waals surface area contributed by atoms with Crippen LogP contribution in [0.15, 0.2) is 47.3 Å². The lowest BCUT2D eigenvalue weighted by molar-refractivity contribution is 0.0743. The van der Waals surface area contributed by atoms with Gasteiger partial charge in [-0.15, -0.1) is 0 Å². The van der Waals surface area contributed by atoms with Crippen LogP contribution in [0.3, 0.4) is 0 Å². The van der Waals surface area contributed by atoms with Crippen molar-refractivity contribution in [2.75, 3.05) is 38.2 Å². The highest BCUT2D eigenvalue weighted by atomic mass is 16.5. The van der Waals surface area contributed by atoms with E-state index >= 15 is 0 Å². The summed E-state index contributed by atoms with van der Waals surface area (Å²) in [5, 5.41) is 0. The highest BCUT2D eigenvalue weighted by Gasteiger charge is 2.24. The zero-order valence-electron chi connectivity index (χ0n) is 14.5. The van der Waals surface area contributed by atoms with E-state index in [4.69, 9.17) is 4.74 Å². The molecule has 4 rings (SSSR count). The molecular weight excluding hydrogens is 332 g/mol. The molecule has 0 radical (unpaired) electrons. The van der Waals surface area contributed by atoms with E-state index in [1.807, 2.05) is 35.2 Å². The number of hydrogen-bond donors (Lipinski definition) is 2. The number of carbonyl (C=O) groups is 1. The molecule has 134 valence electrons. The Kier molecular flexibility index (Phi) is 4.12. The molecule has 1 aliphatic heterocycles. The van der Waals surface area contributed by atoms with Crippen LogP contribution in [0.1, 0.15) is 10.4 Å². The predicted octanol–water partition coefficient (Wildman–Crippen LogP) is 1.83. The summed E-state index contributed by atoms with van der Waals surface area (Å²) in [6.07, 6.45) is 0. The summed E-state index contributed by atoms with van der Waals surface area (Å²) in [5.74, 6) is 0.592. The Hall–Kier alpha value is -3.22. The average Bonchev–Trinajstić information content (AvgIpc) is 3.06. The topological polar surface area (TPSA) is 81.4 Å². The Morgan fingerprint density at radius 1 is 1.00 bits per heavy atom. The summed E-state index contributed by atoms with van der Waals surface area (Å²) in [5.41, 5.74) is 3.01. The van der Waals surface area contributed by atoms with E-state index in [2.05, 4.69) is 14.9 Å². The van der Waals surface area contributed by atoms with E-state index < -0.39 is 0 Å². The summed E-state index contributed by atoms with van der Waals surface area (Å²) in [4.78, 5) is 33.8. The summed E-state index contributed by atoms with van der Waals surface area (Å²) in [6.45, 7) is 2.75. The highest BCUT2D eigenvalue weighted by Crippen LogP contribution is 2.23. The maximum absolute atomic E-state index is 12.8. The van der Waals surface area contributed by atoms with Gasteiger partial charge in [0.05, 0.1) is 23.7 Å². The number of carbonyl (C=O) groups excluding carboxylic acids is 1. The summed E-state index contributed by atoms with van der Waals surface area (Å²) in [7, 11) is 1.57. The molecule has 0 atom stereocenters. The molecule has 7 heteroatoms. The average molecular weight is 352 g/mol. The molecular formula is C19H20N4O3. The minimum Gasteiger partial charge on any atom is -0.496 e. The molecule has 2 aromatic carbocycles. The minimum absolute atomic E-state index is 0.00693. The number of aromatic nitrogens is 2. The molecule has 2 N–H and O–H groups in total. The van der Waals surface area contributed by atoms with Crippen molar-refractivity contribution in [1.82, 2.24) is 14.9 Å². The van der Waals surface area contributed by atoms with Crippen molar-refractivity contribution in [3.05, 3.63) is 58.5 Å². The van der Waals surface area contributed by atoms with Crippen molar-refractivity contribution >= 4 is 22.6 Å². The number of rotatable bonds is 3. The second-order valence-electron chi connectivity index (χ2n) is 6.29. The smallest absolute Gasteiger partial charge is 0.323 e. The molecule has 1 amide bonds. The molecule has 3 aromatic rings. The second-order valence-corrected chi connectivity index (χ2v) is 6.29. The first-order chi connectivity index (χ1) is 12.7. The fourth-order valence-corrected chi connectivity index (χ4v) is 3.38. The Labute approximate surface area is 150 Å². The predicted molar refractivity (Wildman–Crippen MR) is 100 cm³/mol. The quantitative estimate of drug-likeness (QED) is 0.753. The minimum atomic E-state index is -0.204. The normalized spacial score (nSPS) is 14.7. The number of H-pyrrole nitrogens is 2. The van der Waals surface area contributed by atoms with Gasteiger partial charge < -0.3 is 24.5 Å². The first kappa shape index (κ1) is 16.3. The SMILES string of the molecule is COc1ccccc1C(=O)N1CCN(c2ccc3[nH]c(=O)[nH]c3c2)CC1. The molecule has 26 heavy (non-hydrogen) atoms. The molecule has 0 unspecified atom stereocenters. The van der Waals surface area contributed by atoms with Crippen LogP contribution in [0, 0.1) is 0 Å². The zero-order valence-corrected chi connectivity index (χ0v) is 14.5. The van der Waals surface area contributed by atoms with Gasteiger partial charge in [0.15, 0.2) is 0 Å². The van der Waals surface area contributed by atoms with Gasteiger partial charge in [-0.05, 0) is 30.3 Å². The lowest BCUT2D eigenvalue weighted by atomic mass is 10.1. The fourth-order valence-electron chi connectivity index (χ4n) is 3.38. The third kappa shape index (κ3) is 2.92. The van der Waals surface area contributed by atoms with E-state index in [1.165, 1.54) is 0 Å². The number of imidazole rings is 1. The van der Waals surface area contributed by atoms with Gasteiger partial charge in [0.1, 0.15) is 5.75 Å². The van der Waals surface area contributed by atoms with Crippen LogP contribution in [-0.2, 0) is 0 Å². The van der Waals surface area contributed by atoms with Crippen LogP contribution >= 0.6 is 0 Å². The number of para-hydroxylation sites is 1. The third-order valence-electron chi connectivity index (χ3n) is 4.77. The molecule has 0 spiro atoms. The maximum Gasteiger partial charge on any atom is 0.323 e. The number of hydrogen-bond acceptors (Lipinski definition) is 4. The number of nitrogens with zero attached hydrogens (tertiary/aromatic N) is 2. The summed E-state index contributed by atoms with van der Waals surface area (Å²) < 4.78 is 5.30. The molecule has 1 aliphatic rings. The largest absolute Gasteiger partial charge is 0.496 e. The van der Waals surface area contributed by atoms with Crippen LogP contribution < -0.4 is 15.3 Å². The Morgan fingerprint density at radius 2 is 1.73 bits per heavy atom. The molecule has 1 aromatic heterocycles. The molecule has 0 bridgehead atoms. The number of amides is 1. The fraction of sp³-hybridized carbons (Fsp3) is 0.263. The highest BCUT2D eigenvalue weighted by molar-refractivity contribution is 5.97. The van der Waals surface area contributed by atoms with Crippen molar-refractivity contribution < 1.29 is 9.53 Å². The number of benzene rings is 2. The number of fused-ring (bicyclic) bond motifs is 1. The van der Waals surface area contributed by atoms with Crippen molar-refractivity contribution in [1.29, 1.82) is 0 Å². The first-order valence-electron chi connectivity index (χ1n) is 8.55.